The van der Waals surface area contributed by atoms with Gasteiger partial charge in [0.15, 0.2) is 0 Å². The van der Waals surface area contributed by atoms with Crippen molar-refractivity contribution >= 4 is 103 Å². The molecule has 8 radical (unpaired) electrons. The van der Waals surface area contributed by atoms with E-state index >= 15 is 0 Å². The Labute approximate surface area is 129 Å². The molecule has 0 saturated carbocycles. The number of rotatable bonds is 0. The molecule has 11 heavy (non-hydrogen) atoms. The van der Waals surface area contributed by atoms with Gasteiger partial charge in [-0.1, -0.05) is 0 Å². The van der Waals surface area contributed by atoms with Crippen molar-refractivity contribution in [2.75, 3.05) is 0 Å². The molecule has 0 spiro atoms. The number of hydrogen-bond donors (Lipinski definition) is 0. The molecule has 0 saturated heterocycles. The summed E-state index contributed by atoms with van der Waals surface area (Å²) in [5, 5.41) is 0. The molecular formula is H8Al2Mg2O5Si2. The minimum absolute atomic E-state index is 0. The van der Waals surface area contributed by atoms with Gasteiger partial charge >= 0.3 is 80.8 Å². The van der Waals surface area contributed by atoms with Gasteiger partial charge in [0.25, 0.3) is 0 Å². The van der Waals surface area contributed by atoms with Gasteiger partial charge in [-0.2, -0.15) is 0 Å². The molecule has 0 amide bonds. The van der Waals surface area contributed by atoms with Crippen molar-refractivity contribution in [3.63, 3.8) is 0 Å². The molecule has 11 heteroatoms. The molecule has 0 aromatic heterocycles. The Morgan fingerprint density at radius 1 is 0.455 bits per heavy atom. The predicted octanol–water partition coefficient (Wildman–Crippen LogP) is -5.36. The van der Waals surface area contributed by atoms with E-state index in [0.29, 0.717) is 0 Å². The fourth-order valence-electron chi connectivity index (χ4n) is 0. The molecule has 0 bridgehead atoms. The Balaban J connectivity index is 0. The minimum Gasteiger partial charge on any atom is -2.00 e. The summed E-state index contributed by atoms with van der Waals surface area (Å²) in [5.41, 5.74) is 0. The van der Waals surface area contributed by atoms with E-state index < -0.39 is 0 Å². The van der Waals surface area contributed by atoms with Crippen LogP contribution in [0.4, 0.5) is 0 Å². The summed E-state index contributed by atoms with van der Waals surface area (Å²) in [5.74, 6) is 0. The summed E-state index contributed by atoms with van der Waals surface area (Å²) in [6.45, 7) is 0. The van der Waals surface area contributed by atoms with Crippen LogP contribution < -0.4 is 0 Å². The van der Waals surface area contributed by atoms with E-state index in [9.17, 15) is 0 Å². The maximum absolute atomic E-state index is 0. The largest absolute Gasteiger partial charge is 3.00 e. The van der Waals surface area contributed by atoms with Gasteiger partial charge in [-0.25, -0.2) is 0 Å². The van der Waals surface area contributed by atoms with Crippen molar-refractivity contribution in [1.82, 2.24) is 0 Å². The summed E-state index contributed by atoms with van der Waals surface area (Å²) >= 11 is 0. The third-order valence-electron chi connectivity index (χ3n) is 0. The van der Waals surface area contributed by atoms with Gasteiger partial charge in [-0.3, -0.25) is 0 Å². The smallest absolute Gasteiger partial charge is 2.00 e. The summed E-state index contributed by atoms with van der Waals surface area (Å²) in [4.78, 5) is 0. The fraction of sp³-hybridized carbons (Fsp3) is 0. The van der Waals surface area contributed by atoms with Crippen molar-refractivity contribution in [3.05, 3.63) is 0 Å². The third-order valence-corrected chi connectivity index (χ3v) is 0. The second-order valence-electron chi connectivity index (χ2n) is 0. The van der Waals surface area contributed by atoms with Crippen LogP contribution in [0, 0.1) is 0 Å². The van der Waals surface area contributed by atoms with Crippen LogP contribution >= 0.6 is 0 Å². The van der Waals surface area contributed by atoms with Crippen LogP contribution in [0.25, 0.3) is 0 Å². The van der Waals surface area contributed by atoms with E-state index in [1.165, 1.54) is 0 Å². The first-order valence-electron chi connectivity index (χ1n) is 0. The third kappa shape index (κ3) is 188. The standard InChI is InChI=1S/2Al.2Mg.2H2O.3O.2Si.4H/h;;;;2*1H2;;;;;;;;;/q2*+3;;;;;3*-2;;;;;;. The Morgan fingerprint density at radius 2 is 0.455 bits per heavy atom. The van der Waals surface area contributed by atoms with E-state index in [2.05, 4.69) is 0 Å². The zero-order valence-electron chi connectivity index (χ0n) is 4.38. The quantitative estimate of drug-likeness (QED) is 0.375. The topological polar surface area (TPSA) is 148 Å². The van der Waals surface area contributed by atoms with Gasteiger partial charge in [-0.05, 0) is 0 Å². The van der Waals surface area contributed by atoms with Gasteiger partial charge in [0, 0.05) is 21.9 Å². The van der Waals surface area contributed by atoms with Crippen LogP contribution in [-0.2, 0) is 16.4 Å². The molecule has 0 aliphatic heterocycles. The molecule has 0 aromatic carbocycles. The van der Waals surface area contributed by atoms with Crippen molar-refractivity contribution in [1.29, 1.82) is 0 Å². The second-order valence-corrected chi connectivity index (χ2v) is 0. The normalized spacial score (nSPS) is 0. The van der Waals surface area contributed by atoms with Gasteiger partial charge in [0.05, 0.1) is 0 Å². The van der Waals surface area contributed by atoms with E-state index in [4.69, 9.17) is 0 Å². The molecule has 5 nitrogen and oxygen atoms in total. The molecule has 0 aliphatic carbocycles. The van der Waals surface area contributed by atoms with Gasteiger partial charge in [-0.15, -0.1) is 0 Å². The number of hydrogen-bond acceptors (Lipinski definition) is 0. The molecule has 0 aliphatic rings. The van der Waals surface area contributed by atoms with Crippen LogP contribution in [0.2, 0.25) is 0 Å². The maximum Gasteiger partial charge on any atom is 3.00 e. The molecular weight excluding hydrogens is 239 g/mol. The van der Waals surface area contributed by atoms with E-state index in [1.807, 2.05) is 0 Å². The monoisotopic (exact) mass is 246 g/mol. The van der Waals surface area contributed by atoms with Crippen LogP contribution in [0.15, 0.2) is 0 Å². The van der Waals surface area contributed by atoms with E-state index in [0.717, 1.165) is 0 Å². The Kier molecular flexibility index (Phi) is 5790. The summed E-state index contributed by atoms with van der Waals surface area (Å²) in [6, 6.07) is 0. The van der Waals surface area contributed by atoms with Crippen LogP contribution in [0.1, 0.15) is 0 Å². The van der Waals surface area contributed by atoms with Crippen LogP contribution in [0.3, 0.4) is 0 Å². The molecule has 0 fully saturated rings. The summed E-state index contributed by atoms with van der Waals surface area (Å²) in [7, 11) is 0. The van der Waals surface area contributed by atoms with Crippen LogP contribution in [-0.4, -0.2) is 114 Å². The van der Waals surface area contributed by atoms with E-state index in [-0.39, 0.29) is 130 Å². The SMILES string of the molecule is O.O.[Al+3].[Al+3].[MgH2].[MgH2].[O-2].[O-2].[O-2].[Si].[Si]. The van der Waals surface area contributed by atoms with Crippen molar-refractivity contribution in [3.8, 4) is 0 Å². The average molecular weight is 247 g/mol. The Bertz CT molecular complexity index is 20.4. The van der Waals surface area contributed by atoms with Crippen molar-refractivity contribution < 1.29 is 27.4 Å². The van der Waals surface area contributed by atoms with E-state index in [1.54, 1.807) is 0 Å². The Morgan fingerprint density at radius 3 is 0.455 bits per heavy atom. The molecule has 0 unspecified atom stereocenters. The van der Waals surface area contributed by atoms with Gasteiger partial charge in [0.2, 0.25) is 0 Å². The second kappa shape index (κ2) is 224. The van der Waals surface area contributed by atoms with Crippen LogP contribution in [0.5, 0.6) is 0 Å². The summed E-state index contributed by atoms with van der Waals surface area (Å²) in [6.07, 6.45) is 0. The summed E-state index contributed by atoms with van der Waals surface area (Å²) < 4.78 is 0. The molecule has 0 heterocycles. The Hall–Kier alpha value is 2.83. The minimum atomic E-state index is 0. The fourth-order valence-corrected chi connectivity index (χ4v) is 0. The van der Waals surface area contributed by atoms with Crippen molar-refractivity contribution in [2.45, 2.75) is 0 Å². The first-order valence-corrected chi connectivity index (χ1v) is 0. The molecule has 0 atom stereocenters. The zero-order valence-corrected chi connectivity index (χ0v) is 8.69. The first-order chi connectivity index (χ1) is 0. The van der Waals surface area contributed by atoms with Gasteiger partial charge < -0.3 is 27.4 Å². The molecule has 4 N–H and O–H groups in total. The molecule has 0 aromatic rings. The molecule has 56 valence electrons. The van der Waals surface area contributed by atoms with Crippen molar-refractivity contribution in [2.24, 2.45) is 0 Å². The zero-order chi connectivity index (χ0) is 0. The average Bonchev–Trinajstić information content (AvgIpc) is 0. The maximum atomic E-state index is 0. The predicted molar refractivity (Wildman–Crippen MR) is 49.4 cm³/mol. The van der Waals surface area contributed by atoms with Gasteiger partial charge in [0.1, 0.15) is 0 Å². The first kappa shape index (κ1) is 284. The molecule has 0 rings (SSSR count).